The van der Waals surface area contributed by atoms with Crippen LogP contribution in [0.3, 0.4) is 0 Å². The summed E-state index contributed by atoms with van der Waals surface area (Å²) in [6.07, 6.45) is 2.03. The maximum atomic E-state index is 12.4. The van der Waals surface area contributed by atoms with Crippen LogP contribution in [0, 0.1) is 12.8 Å². The molecule has 1 amide bonds. The molecule has 0 N–H and O–H groups in total. The largest absolute Gasteiger partial charge is 0.339 e. The van der Waals surface area contributed by atoms with Gasteiger partial charge in [0, 0.05) is 23.4 Å². The van der Waals surface area contributed by atoms with Crippen LogP contribution in [0.25, 0.3) is 0 Å². The quantitative estimate of drug-likeness (QED) is 0.754. The Hall–Kier alpha value is -0.540. The van der Waals surface area contributed by atoms with Crippen LogP contribution in [0.5, 0.6) is 0 Å². The van der Waals surface area contributed by atoms with Gasteiger partial charge in [0.25, 0.3) is 5.91 Å². The van der Waals surface area contributed by atoms with Crippen molar-refractivity contribution >= 4 is 33.4 Å². The number of aryl methyl sites for hydroxylation is 1. The second kappa shape index (κ2) is 6.07. The summed E-state index contributed by atoms with van der Waals surface area (Å²) >= 11 is 9.31. The Bertz CT molecular complexity index is 441. The summed E-state index contributed by atoms with van der Waals surface area (Å²) in [6, 6.07) is 5.88. The highest BCUT2D eigenvalue weighted by atomic mass is 79.9. The van der Waals surface area contributed by atoms with Crippen LogP contribution in [0.15, 0.2) is 22.7 Å². The topological polar surface area (TPSA) is 20.3 Å². The van der Waals surface area contributed by atoms with Gasteiger partial charge >= 0.3 is 0 Å². The molecule has 1 fully saturated rings. The third-order valence-corrected chi connectivity index (χ3v) is 4.60. The lowest BCUT2D eigenvalue weighted by molar-refractivity contribution is 0.0697. The average molecular weight is 331 g/mol. The van der Waals surface area contributed by atoms with Gasteiger partial charge in [-0.25, -0.2) is 0 Å². The highest BCUT2D eigenvalue weighted by Crippen LogP contribution is 2.24. The Labute approximate surface area is 121 Å². The standard InChI is InChI=1S/C14H17BrClNO/c1-10-2-3-13(15)12(8-10)14(18)17-6-4-11(9-16)5-7-17/h2-3,8,11H,4-7,9H2,1H3. The molecule has 98 valence electrons. The molecule has 1 aromatic rings. The molecule has 0 aliphatic carbocycles. The van der Waals surface area contributed by atoms with E-state index in [9.17, 15) is 4.79 Å². The van der Waals surface area contributed by atoms with Crippen molar-refractivity contribution in [2.24, 2.45) is 5.92 Å². The van der Waals surface area contributed by atoms with Crippen LogP contribution in [0.2, 0.25) is 0 Å². The van der Waals surface area contributed by atoms with Crippen LogP contribution < -0.4 is 0 Å². The maximum Gasteiger partial charge on any atom is 0.255 e. The molecule has 0 radical (unpaired) electrons. The van der Waals surface area contributed by atoms with E-state index in [1.165, 1.54) is 0 Å². The minimum absolute atomic E-state index is 0.124. The number of halogens is 2. The fraction of sp³-hybridized carbons (Fsp3) is 0.500. The second-order valence-electron chi connectivity index (χ2n) is 4.87. The molecule has 1 aliphatic rings. The third-order valence-electron chi connectivity index (χ3n) is 3.47. The number of rotatable bonds is 2. The second-order valence-corrected chi connectivity index (χ2v) is 6.04. The first-order chi connectivity index (χ1) is 8.61. The first-order valence-corrected chi connectivity index (χ1v) is 7.56. The molecule has 0 bridgehead atoms. The summed E-state index contributed by atoms with van der Waals surface area (Å²) in [5, 5.41) is 0. The highest BCUT2D eigenvalue weighted by Gasteiger charge is 2.24. The Kier molecular flexibility index (Phi) is 4.68. The molecule has 0 spiro atoms. The van der Waals surface area contributed by atoms with Gasteiger partial charge in [-0.15, -0.1) is 11.6 Å². The van der Waals surface area contributed by atoms with Crippen LogP contribution in [0.1, 0.15) is 28.8 Å². The van der Waals surface area contributed by atoms with E-state index in [-0.39, 0.29) is 5.91 Å². The zero-order valence-corrected chi connectivity index (χ0v) is 12.8. The summed E-state index contributed by atoms with van der Waals surface area (Å²) in [5.74, 6) is 1.39. The monoisotopic (exact) mass is 329 g/mol. The SMILES string of the molecule is Cc1ccc(Br)c(C(=O)N2CCC(CCl)CC2)c1. The first kappa shape index (κ1) is 13.9. The van der Waals surface area contributed by atoms with Gasteiger partial charge in [-0.3, -0.25) is 4.79 Å². The van der Waals surface area contributed by atoms with Gasteiger partial charge in [0.15, 0.2) is 0 Å². The van der Waals surface area contributed by atoms with Gasteiger partial charge < -0.3 is 4.90 Å². The minimum Gasteiger partial charge on any atom is -0.339 e. The van der Waals surface area contributed by atoms with Gasteiger partial charge in [-0.1, -0.05) is 11.6 Å². The van der Waals surface area contributed by atoms with Crippen molar-refractivity contribution in [1.29, 1.82) is 0 Å². The van der Waals surface area contributed by atoms with Crippen molar-refractivity contribution in [2.45, 2.75) is 19.8 Å². The zero-order valence-electron chi connectivity index (χ0n) is 10.5. The molecular formula is C14H17BrClNO. The Morgan fingerprint density at radius 2 is 2.11 bits per heavy atom. The molecule has 0 atom stereocenters. The van der Waals surface area contributed by atoms with Crippen molar-refractivity contribution in [1.82, 2.24) is 4.90 Å². The lowest BCUT2D eigenvalue weighted by atomic mass is 9.98. The Morgan fingerprint density at radius 1 is 1.44 bits per heavy atom. The number of hydrogen-bond donors (Lipinski definition) is 0. The van der Waals surface area contributed by atoms with Crippen molar-refractivity contribution in [3.8, 4) is 0 Å². The maximum absolute atomic E-state index is 12.4. The third kappa shape index (κ3) is 3.07. The molecule has 1 aliphatic heterocycles. The van der Waals surface area contributed by atoms with Crippen LogP contribution in [-0.2, 0) is 0 Å². The van der Waals surface area contributed by atoms with E-state index in [1.807, 2.05) is 30.0 Å². The van der Waals surface area contributed by atoms with Gasteiger partial charge in [0.1, 0.15) is 0 Å². The average Bonchev–Trinajstić information content (AvgIpc) is 2.41. The molecule has 0 aromatic heterocycles. The predicted molar refractivity (Wildman–Crippen MR) is 78.2 cm³/mol. The van der Waals surface area contributed by atoms with Crippen molar-refractivity contribution in [2.75, 3.05) is 19.0 Å². The highest BCUT2D eigenvalue weighted by molar-refractivity contribution is 9.10. The minimum atomic E-state index is 0.124. The summed E-state index contributed by atoms with van der Waals surface area (Å²) in [7, 11) is 0. The first-order valence-electron chi connectivity index (χ1n) is 6.23. The molecule has 18 heavy (non-hydrogen) atoms. The lowest BCUT2D eigenvalue weighted by Crippen LogP contribution is -2.39. The number of alkyl halides is 1. The fourth-order valence-electron chi connectivity index (χ4n) is 2.26. The Morgan fingerprint density at radius 3 is 2.72 bits per heavy atom. The fourth-order valence-corrected chi connectivity index (χ4v) is 2.99. The van der Waals surface area contributed by atoms with E-state index in [4.69, 9.17) is 11.6 Å². The van der Waals surface area contributed by atoms with E-state index in [0.29, 0.717) is 11.8 Å². The summed E-state index contributed by atoms with van der Waals surface area (Å²) < 4.78 is 0.873. The number of hydrogen-bond acceptors (Lipinski definition) is 1. The van der Waals surface area contributed by atoms with Crippen molar-refractivity contribution in [3.05, 3.63) is 33.8 Å². The van der Waals surface area contributed by atoms with Crippen LogP contribution in [-0.4, -0.2) is 29.8 Å². The van der Waals surface area contributed by atoms with Crippen LogP contribution >= 0.6 is 27.5 Å². The van der Waals surface area contributed by atoms with Crippen molar-refractivity contribution < 1.29 is 4.79 Å². The molecule has 4 heteroatoms. The van der Waals surface area contributed by atoms with Crippen LogP contribution in [0.4, 0.5) is 0 Å². The molecule has 0 saturated carbocycles. The number of piperidine rings is 1. The molecule has 2 rings (SSSR count). The van der Waals surface area contributed by atoms with E-state index in [1.54, 1.807) is 0 Å². The predicted octanol–water partition coefficient (Wildman–Crippen LogP) is 3.85. The molecule has 1 saturated heterocycles. The number of amides is 1. The van der Waals surface area contributed by atoms with Crippen molar-refractivity contribution in [3.63, 3.8) is 0 Å². The molecule has 0 unspecified atom stereocenters. The smallest absolute Gasteiger partial charge is 0.255 e. The van der Waals surface area contributed by atoms with E-state index in [2.05, 4.69) is 15.9 Å². The number of likely N-dealkylation sites (tertiary alicyclic amines) is 1. The van der Waals surface area contributed by atoms with E-state index < -0.39 is 0 Å². The summed E-state index contributed by atoms with van der Waals surface area (Å²) in [6.45, 7) is 3.64. The number of carbonyl (C=O) groups excluding carboxylic acids is 1. The zero-order chi connectivity index (χ0) is 13.1. The normalized spacial score (nSPS) is 16.9. The molecule has 1 aromatic carbocycles. The number of carbonyl (C=O) groups is 1. The van der Waals surface area contributed by atoms with E-state index >= 15 is 0 Å². The lowest BCUT2D eigenvalue weighted by Gasteiger charge is -2.31. The summed E-state index contributed by atoms with van der Waals surface area (Å²) in [4.78, 5) is 14.4. The van der Waals surface area contributed by atoms with Gasteiger partial charge in [-0.05, 0) is 53.7 Å². The molecular weight excluding hydrogens is 314 g/mol. The van der Waals surface area contributed by atoms with Gasteiger partial charge in [-0.2, -0.15) is 0 Å². The molecule has 1 heterocycles. The van der Waals surface area contributed by atoms with Gasteiger partial charge in [0.05, 0.1) is 5.56 Å². The Balaban J connectivity index is 2.10. The molecule has 2 nitrogen and oxygen atoms in total. The van der Waals surface area contributed by atoms with Gasteiger partial charge in [0.2, 0.25) is 0 Å². The summed E-state index contributed by atoms with van der Waals surface area (Å²) in [5.41, 5.74) is 1.87. The number of benzene rings is 1. The number of nitrogens with zero attached hydrogens (tertiary/aromatic N) is 1. The van der Waals surface area contributed by atoms with E-state index in [0.717, 1.165) is 41.5 Å².